The van der Waals surface area contributed by atoms with Crippen LogP contribution >= 0.6 is 23.4 Å². The molecule has 29 heavy (non-hydrogen) atoms. The van der Waals surface area contributed by atoms with Gasteiger partial charge < -0.3 is 19.5 Å². The quantitative estimate of drug-likeness (QED) is 0.539. The molecule has 9 nitrogen and oxygen atoms in total. The predicted octanol–water partition coefficient (Wildman–Crippen LogP) is 3.07. The number of methoxy groups -OCH3 is 3. The number of anilines is 1. The van der Waals surface area contributed by atoms with Crippen LogP contribution in [0.1, 0.15) is 0 Å². The molecule has 3 rings (SSSR count). The molecule has 0 aliphatic carbocycles. The minimum atomic E-state index is -0.265. The van der Waals surface area contributed by atoms with Crippen molar-refractivity contribution < 1.29 is 19.0 Å². The van der Waals surface area contributed by atoms with Crippen molar-refractivity contribution in [3.63, 3.8) is 0 Å². The van der Waals surface area contributed by atoms with Crippen molar-refractivity contribution in [3.05, 3.63) is 41.4 Å². The van der Waals surface area contributed by atoms with Crippen molar-refractivity contribution in [2.75, 3.05) is 32.4 Å². The molecule has 0 fully saturated rings. The van der Waals surface area contributed by atoms with Crippen LogP contribution in [0.25, 0.3) is 5.69 Å². The summed E-state index contributed by atoms with van der Waals surface area (Å²) in [5.74, 6) is 1.44. The number of ether oxygens (including phenoxy) is 3. The Morgan fingerprint density at radius 2 is 1.83 bits per heavy atom. The lowest BCUT2D eigenvalue weighted by Crippen LogP contribution is -2.15. The molecule has 0 atom stereocenters. The molecule has 11 heteroatoms. The van der Waals surface area contributed by atoms with Crippen LogP contribution in [0.2, 0.25) is 5.02 Å². The highest BCUT2D eigenvalue weighted by Gasteiger charge is 2.15. The third-order valence-corrected chi connectivity index (χ3v) is 5.05. The van der Waals surface area contributed by atoms with Gasteiger partial charge in [-0.15, -0.1) is 5.10 Å². The summed E-state index contributed by atoms with van der Waals surface area (Å²) in [5.41, 5.74) is 1.20. The van der Waals surface area contributed by atoms with Gasteiger partial charge in [-0.2, -0.15) is 4.68 Å². The minimum Gasteiger partial charge on any atom is -0.497 e. The fraction of sp³-hybridized carbons (Fsp3) is 0.222. The molecule has 0 saturated heterocycles. The molecule has 0 aliphatic heterocycles. The maximum Gasteiger partial charge on any atom is 0.234 e. The van der Waals surface area contributed by atoms with Crippen molar-refractivity contribution in [3.8, 4) is 22.9 Å². The Bertz CT molecular complexity index is 996. The van der Waals surface area contributed by atoms with E-state index in [1.54, 1.807) is 36.1 Å². The monoisotopic (exact) mass is 435 g/mol. The molecule has 0 saturated carbocycles. The third kappa shape index (κ3) is 4.90. The van der Waals surface area contributed by atoms with Crippen molar-refractivity contribution >= 4 is 35.0 Å². The number of benzene rings is 2. The van der Waals surface area contributed by atoms with E-state index in [0.717, 1.165) is 11.4 Å². The van der Waals surface area contributed by atoms with Gasteiger partial charge in [-0.25, -0.2) is 0 Å². The number of carbonyl (C=O) groups excluding carboxylic acids is 1. The lowest BCUT2D eigenvalue weighted by atomic mass is 10.2. The van der Waals surface area contributed by atoms with E-state index in [1.165, 1.54) is 26.0 Å². The molecule has 1 heterocycles. The van der Waals surface area contributed by atoms with Gasteiger partial charge in [0.15, 0.2) is 0 Å². The second-order valence-corrected chi connectivity index (χ2v) is 6.94. The van der Waals surface area contributed by atoms with Gasteiger partial charge in [0.05, 0.1) is 43.5 Å². The first-order chi connectivity index (χ1) is 14.0. The van der Waals surface area contributed by atoms with E-state index in [2.05, 4.69) is 20.8 Å². The van der Waals surface area contributed by atoms with Gasteiger partial charge in [-0.05, 0) is 40.8 Å². The highest BCUT2D eigenvalue weighted by atomic mass is 35.5. The highest BCUT2D eigenvalue weighted by molar-refractivity contribution is 7.99. The zero-order valence-corrected chi connectivity index (χ0v) is 17.5. The number of tetrazole rings is 1. The standard InChI is InChI=1S/C18H18ClN5O4S/c1-26-12-6-4-11(5-7-12)24-18(21-22-23-24)29-10-17(25)20-14-8-13(19)15(27-2)9-16(14)28-3/h4-9H,10H2,1-3H3,(H,20,25). The number of halogens is 1. The fourth-order valence-electron chi connectivity index (χ4n) is 2.43. The molecule has 0 spiro atoms. The molecule has 0 bridgehead atoms. The van der Waals surface area contributed by atoms with Gasteiger partial charge in [0.25, 0.3) is 0 Å². The molecule has 2 aromatic carbocycles. The van der Waals surface area contributed by atoms with Gasteiger partial charge in [0.1, 0.15) is 17.2 Å². The summed E-state index contributed by atoms with van der Waals surface area (Å²) in [7, 11) is 4.59. The predicted molar refractivity (Wildman–Crippen MR) is 110 cm³/mol. The molecule has 1 aromatic heterocycles. The van der Waals surface area contributed by atoms with Crippen molar-refractivity contribution in [2.24, 2.45) is 0 Å². The number of aromatic nitrogens is 4. The van der Waals surface area contributed by atoms with Crippen LogP contribution in [0.3, 0.4) is 0 Å². The van der Waals surface area contributed by atoms with Gasteiger partial charge >= 0.3 is 0 Å². The Hall–Kier alpha value is -2.98. The zero-order chi connectivity index (χ0) is 20.8. The Labute approximate surface area is 176 Å². The number of carbonyl (C=O) groups is 1. The second kappa shape index (κ2) is 9.48. The van der Waals surface area contributed by atoms with Crippen LogP contribution in [-0.4, -0.2) is 53.2 Å². The Morgan fingerprint density at radius 3 is 2.48 bits per heavy atom. The summed E-state index contributed by atoms with van der Waals surface area (Å²) < 4.78 is 17.1. The third-order valence-electron chi connectivity index (χ3n) is 3.84. The molecule has 0 radical (unpaired) electrons. The number of hydrogen-bond acceptors (Lipinski definition) is 8. The molecule has 1 amide bonds. The number of amides is 1. The molecule has 152 valence electrons. The number of nitrogens with zero attached hydrogens (tertiary/aromatic N) is 4. The van der Waals surface area contributed by atoms with Crippen molar-refractivity contribution in [1.82, 2.24) is 20.2 Å². The average Bonchev–Trinajstić information content (AvgIpc) is 3.21. The highest BCUT2D eigenvalue weighted by Crippen LogP contribution is 2.36. The van der Waals surface area contributed by atoms with E-state index in [1.807, 2.05) is 12.1 Å². The van der Waals surface area contributed by atoms with E-state index >= 15 is 0 Å². The molecule has 3 aromatic rings. The smallest absolute Gasteiger partial charge is 0.234 e. The van der Waals surface area contributed by atoms with Gasteiger partial charge in [0.2, 0.25) is 11.1 Å². The lowest BCUT2D eigenvalue weighted by molar-refractivity contribution is -0.113. The maximum atomic E-state index is 12.4. The van der Waals surface area contributed by atoms with E-state index in [4.69, 9.17) is 25.8 Å². The van der Waals surface area contributed by atoms with Crippen LogP contribution in [0.4, 0.5) is 5.69 Å². The maximum absolute atomic E-state index is 12.4. The van der Waals surface area contributed by atoms with Gasteiger partial charge in [-0.1, -0.05) is 23.4 Å². The lowest BCUT2D eigenvalue weighted by Gasteiger charge is -2.13. The van der Waals surface area contributed by atoms with Crippen molar-refractivity contribution in [2.45, 2.75) is 5.16 Å². The van der Waals surface area contributed by atoms with Gasteiger partial charge in [-0.3, -0.25) is 4.79 Å². The van der Waals surface area contributed by atoms with E-state index < -0.39 is 0 Å². The zero-order valence-electron chi connectivity index (χ0n) is 15.9. The van der Waals surface area contributed by atoms with Crippen molar-refractivity contribution in [1.29, 1.82) is 0 Å². The van der Waals surface area contributed by atoms with E-state index in [9.17, 15) is 4.79 Å². The van der Waals surface area contributed by atoms with Gasteiger partial charge in [0, 0.05) is 6.07 Å². The first kappa shape index (κ1) is 20.7. The second-order valence-electron chi connectivity index (χ2n) is 5.60. The summed E-state index contributed by atoms with van der Waals surface area (Å²) in [6.07, 6.45) is 0. The Kier molecular flexibility index (Phi) is 6.78. The summed E-state index contributed by atoms with van der Waals surface area (Å²) in [5, 5.41) is 15.2. The normalized spacial score (nSPS) is 10.5. The Morgan fingerprint density at radius 1 is 1.10 bits per heavy atom. The minimum absolute atomic E-state index is 0.0866. The van der Waals surface area contributed by atoms with Crippen LogP contribution in [0, 0.1) is 0 Å². The molecular weight excluding hydrogens is 418 g/mol. The Balaban J connectivity index is 1.68. The summed E-state index contributed by atoms with van der Waals surface area (Å²) in [4.78, 5) is 12.4. The molecule has 0 aliphatic rings. The van der Waals surface area contributed by atoms with E-state index in [0.29, 0.717) is 27.4 Å². The average molecular weight is 436 g/mol. The topological polar surface area (TPSA) is 100 Å². The molecular formula is C18H18ClN5O4S. The SMILES string of the molecule is COc1ccc(-n2nnnc2SCC(=O)Nc2cc(Cl)c(OC)cc2OC)cc1. The number of hydrogen-bond donors (Lipinski definition) is 1. The summed E-state index contributed by atoms with van der Waals surface area (Å²) in [6.45, 7) is 0. The van der Waals surface area contributed by atoms with Crippen LogP contribution in [0.15, 0.2) is 41.6 Å². The first-order valence-corrected chi connectivity index (χ1v) is 9.69. The number of thioether (sulfide) groups is 1. The summed E-state index contributed by atoms with van der Waals surface area (Å²) in [6, 6.07) is 10.4. The number of nitrogens with one attached hydrogen (secondary N) is 1. The fourth-order valence-corrected chi connectivity index (χ4v) is 3.36. The van der Waals surface area contributed by atoms with Crippen LogP contribution < -0.4 is 19.5 Å². The number of rotatable bonds is 8. The molecule has 0 unspecified atom stereocenters. The van der Waals surface area contributed by atoms with Crippen LogP contribution in [-0.2, 0) is 4.79 Å². The summed E-state index contributed by atoms with van der Waals surface area (Å²) >= 11 is 7.33. The molecule has 1 N–H and O–H groups in total. The van der Waals surface area contributed by atoms with E-state index in [-0.39, 0.29) is 11.7 Å². The largest absolute Gasteiger partial charge is 0.497 e. The van der Waals surface area contributed by atoms with Crippen LogP contribution in [0.5, 0.6) is 17.2 Å². The first-order valence-electron chi connectivity index (χ1n) is 8.32.